The number of hydrogen-bond donors (Lipinski definition) is 2. The molecule has 2 nitrogen and oxygen atoms in total. The second kappa shape index (κ2) is 4.33. The van der Waals surface area contributed by atoms with Gasteiger partial charge in [0.05, 0.1) is 0 Å². The van der Waals surface area contributed by atoms with Gasteiger partial charge in [-0.05, 0) is 35.4 Å². The number of phenols is 1. The number of halogens is 1. The third-order valence-corrected chi connectivity index (χ3v) is 2.39. The van der Waals surface area contributed by atoms with Gasteiger partial charge in [-0.25, -0.2) is 4.39 Å². The minimum atomic E-state index is -0.804. The van der Waals surface area contributed by atoms with E-state index >= 15 is 0 Å². The second-order valence-corrected chi connectivity index (χ2v) is 3.55. The number of hydrogen-bond acceptors (Lipinski definition) is 2. The Morgan fingerprint density at radius 3 is 1.75 bits per heavy atom. The summed E-state index contributed by atoms with van der Waals surface area (Å²) in [7, 11) is 0. The Balaban J connectivity index is 2.28. The number of aliphatic hydroxyl groups is 1. The first-order chi connectivity index (χ1) is 7.66. The molecule has 2 rings (SSSR count). The van der Waals surface area contributed by atoms with Crippen molar-refractivity contribution < 1.29 is 14.6 Å². The van der Waals surface area contributed by atoms with E-state index in [2.05, 4.69) is 0 Å². The molecule has 0 aliphatic rings. The van der Waals surface area contributed by atoms with Crippen molar-refractivity contribution >= 4 is 0 Å². The molecular weight excluding hydrogens is 207 g/mol. The Hall–Kier alpha value is -1.87. The van der Waals surface area contributed by atoms with Crippen LogP contribution in [0.3, 0.4) is 0 Å². The van der Waals surface area contributed by atoms with Crippen LogP contribution in [-0.2, 0) is 0 Å². The second-order valence-electron chi connectivity index (χ2n) is 3.55. The van der Waals surface area contributed by atoms with Crippen LogP contribution < -0.4 is 0 Å². The van der Waals surface area contributed by atoms with Crippen LogP contribution in [0.5, 0.6) is 5.75 Å². The molecule has 2 aromatic carbocycles. The summed E-state index contributed by atoms with van der Waals surface area (Å²) in [6, 6.07) is 11.9. The molecule has 1 unspecified atom stereocenters. The Morgan fingerprint density at radius 2 is 1.25 bits per heavy atom. The van der Waals surface area contributed by atoms with Crippen molar-refractivity contribution in [3.63, 3.8) is 0 Å². The summed E-state index contributed by atoms with van der Waals surface area (Å²) in [5.41, 5.74) is 1.27. The van der Waals surface area contributed by atoms with E-state index in [1.54, 1.807) is 12.1 Å². The van der Waals surface area contributed by atoms with E-state index in [1.165, 1.54) is 36.4 Å². The first-order valence-corrected chi connectivity index (χ1v) is 4.89. The molecule has 1 atom stereocenters. The maximum absolute atomic E-state index is 12.7. The molecule has 0 saturated carbocycles. The largest absolute Gasteiger partial charge is 0.508 e. The summed E-state index contributed by atoms with van der Waals surface area (Å²) >= 11 is 0. The topological polar surface area (TPSA) is 40.5 Å². The molecule has 0 aliphatic carbocycles. The van der Waals surface area contributed by atoms with Crippen LogP contribution >= 0.6 is 0 Å². The van der Waals surface area contributed by atoms with Gasteiger partial charge in [0.1, 0.15) is 17.7 Å². The van der Waals surface area contributed by atoms with Crippen LogP contribution in [0.25, 0.3) is 0 Å². The summed E-state index contributed by atoms with van der Waals surface area (Å²) in [4.78, 5) is 0. The third-order valence-electron chi connectivity index (χ3n) is 2.39. The molecule has 0 bridgehead atoms. The molecule has 0 spiro atoms. The summed E-state index contributed by atoms with van der Waals surface area (Å²) in [6.45, 7) is 0. The molecule has 2 aromatic rings. The van der Waals surface area contributed by atoms with Crippen LogP contribution in [0.1, 0.15) is 17.2 Å². The van der Waals surface area contributed by atoms with Gasteiger partial charge in [-0.3, -0.25) is 0 Å². The highest BCUT2D eigenvalue weighted by Gasteiger charge is 2.09. The molecule has 16 heavy (non-hydrogen) atoms. The minimum Gasteiger partial charge on any atom is -0.508 e. The molecule has 0 amide bonds. The van der Waals surface area contributed by atoms with Crippen LogP contribution in [0.2, 0.25) is 0 Å². The van der Waals surface area contributed by atoms with Gasteiger partial charge in [-0.2, -0.15) is 0 Å². The fourth-order valence-electron chi connectivity index (χ4n) is 1.49. The monoisotopic (exact) mass is 218 g/mol. The smallest absolute Gasteiger partial charge is 0.123 e. The Morgan fingerprint density at radius 1 is 0.812 bits per heavy atom. The first-order valence-electron chi connectivity index (χ1n) is 4.89. The van der Waals surface area contributed by atoms with Crippen molar-refractivity contribution in [2.75, 3.05) is 0 Å². The van der Waals surface area contributed by atoms with E-state index in [0.29, 0.717) is 11.1 Å². The minimum absolute atomic E-state index is 0.148. The van der Waals surface area contributed by atoms with Gasteiger partial charge < -0.3 is 10.2 Å². The lowest BCUT2D eigenvalue weighted by Gasteiger charge is -2.11. The molecular formula is C13H11FO2. The Bertz CT molecular complexity index is 417. The van der Waals surface area contributed by atoms with E-state index < -0.39 is 6.10 Å². The van der Waals surface area contributed by atoms with Gasteiger partial charge in [0.15, 0.2) is 0 Å². The predicted molar refractivity (Wildman–Crippen MR) is 58.6 cm³/mol. The lowest BCUT2D eigenvalue weighted by molar-refractivity contribution is 0.220. The lowest BCUT2D eigenvalue weighted by Crippen LogP contribution is -1.99. The highest BCUT2D eigenvalue weighted by Crippen LogP contribution is 2.23. The van der Waals surface area contributed by atoms with Gasteiger partial charge in [-0.15, -0.1) is 0 Å². The number of aliphatic hydroxyl groups excluding tert-OH is 1. The zero-order valence-corrected chi connectivity index (χ0v) is 8.47. The summed E-state index contributed by atoms with van der Waals surface area (Å²) in [5, 5.41) is 19.1. The molecule has 0 saturated heterocycles. The van der Waals surface area contributed by atoms with E-state index in [0.717, 1.165) is 0 Å². The lowest BCUT2D eigenvalue weighted by atomic mass is 10.0. The van der Waals surface area contributed by atoms with Crippen molar-refractivity contribution in [3.8, 4) is 5.75 Å². The van der Waals surface area contributed by atoms with E-state index in [9.17, 15) is 9.50 Å². The fraction of sp³-hybridized carbons (Fsp3) is 0.0769. The van der Waals surface area contributed by atoms with Gasteiger partial charge in [0, 0.05) is 0 Å². The zero-order valence-electron chi connectivity index (χ0n) is 8.47. The number of phenolic OH excluding ortho intramolecular Hbond substituents is 1. The average molecular weight is 218 g/mol. The predicted octanol–water partition coefficient (Wildman–Crippen LogP) is 2.61. The molecule has 2 N–H and O–H groups in total. The van der Waals surface area contributed by atoms with E-state index in [4.69, 9.17) is 5.11 Å². The highest BCUT2D eigenvalue weighted by atomic mass is 19.1. The Labute approximate surface area is 92.6 Å². The van der Waals surface area contributed by atoms with Gasteiger partial charge >= 0.3 is 0 Å². The highest BCUT2D eigenvalue weighted by molar-refractivity contribution is 5.33. The first kappa shape index (κ1) is 10.6. The molecule has 0 fully saturated rings. The zero-order chi connectivity index (χ0) is 11.5. The van der Waals surface area contributed by atoms with Crippen molar-refractivity contribution in [1.29, 1.82) is 0 Å². The van der Waals surface area contributed by atoms with Crippen LogP contribution in [-0.4, -0.2) is 10.2 Å². The molecule has 0 aromatic heterocycles. The SMILES string of the molecule is Oc1ccc(C(O)c2ccc(F)cc2)cc1. The van der Waals surface area contributed by atoms with E-state index in [-0.39, 0.29) is 11.6 Å². The standard InChI is InChI=1S/C13H11FO2/c14-11-5-1-9(2-6-11)13(16)10-3-7-12(15)8-4-10/h1-8,13,15-16H. The van der Waals surface area contributed by atoms with Gasteiger partial charge in [0.2, 0.25) is 0 Å². The quantitative estimate of drug-likeness (QED) is 0.813. The van der Waals surface area contributed by atoms with Crippen LogP contribution in [0.15, 0.2) is 48.5 Å². The molecule has 0 aliphatic heterocycles. The normalized spacial score (nSPS) is 12.4. The summed E-state index contributed by atoms with van der Waals surface area (Å²) in [6.07, 6.45) is -0.804. The Kier molecular flexibility index (Phi) is 2.88. The molecule has 0 heterocycles. The van der Waals surface area contributed by atoms with Crippen molar-refractivity contribution in [2.45, 2.75) is 6.10 Å². The molecule has 82 valence electrons. The van der Waals surface area contributed by atoms with Crippen molar-refractivity contribution in [2.24, 2.45) is 0 Å². The molecule has 3 heteroatoms. The summed E-state index contributed by atoms with van der Waals surface area (Å²) < 4.78 is 12.7. The maximum atomic E-state index is 12.7. The summed E-state index contributed by atoms with van der Waals surface area (Å²) in [5.74, 6) is -0.184. The number of rotatable bonds is 2. The van der Waals surface area contributed by atoms with Crippen molar-refractivity contribution in [3.05, 3.63) is 65.5 Å². The van der Waals surface area contributed by atoms with Crippen LogP contribution in [0, 0.1) is 5.82 Å². The van der Waals surface area contributed by atoms with E-state index in [1.807, 2.05) is 0 Å². The number of benzene rings is 2. The maximum Gasteiger partial charge on any atom is 0.123 e. The average Bonchev–Trinajstić information content (AvgIpc) is 2.30. The van der Waals surface area contributed by atoms with Crippen LogP contribution in [0.4, 0.5) is 4.39 Å². The fourth-order valence-corrected chi connectivity index (χ4v) is 1.49. The van der Waals surface area contributed by atoms with Gasteiger partial charge in [-0.1, -0.05) is 24.3 Å². The van der Waals surface area contributed by atoms with Crippen molar-refractivity contribution in [1.82, 2.24) is 0 Å². The van der Waals surface area contributed by atoms with Gasteiger partial charge in [0.25, 0.3) is 0 Å². The molecule has 0 radical (unpaired) electrons. The number of aromatic hydroxyl groups is 1. The third kappa shape index (κ3) is 2.20.